The number of carbonyl (C=O) groups excluding carboxylic acids is 1. The Morgan fingerprint density at radius 2 is 2.00 bits per heavy atom. The molecule has 0 aromatic rings. The highest BCUT2D eigenvalue weighted by atomic mass is 16.4. The normalized spacial score (nSPS) is 25.9. The molecule has 1 fully saturated rings. The molecule has 1 aliphatic carbocycles. The van der Waals surface area contributed by atoms with Crippen LogP contribution in [0.25, 0.3) is 0 Å². The Morgan fingerprint density at radius 3 is 2.61 bits per heavy atom. The van der Waals surface area contributed by atoms with E-state index in [1.54, 1.807) is 6.92 Å². The molecule has 18 heavy (non-hydrogen) atoms. The predicted molar refractivity (Wildman–Crippen MR) is 69.4 cm³/mol. The lowest BCUT2D eigenvalue weighted by atomic mass is 10.0. The average molecular weight is 256 g/mol. The van der Waals surface area contributed by atoms with Crippen LogP contribution in [0.1, 0.15) is 52.4 Å². The van der Waals surface area contributed by atoms with E-state index in [4.69, 9.17) is 5.11 Å². The predicted octanol–water partition coefficient (Wildman–Crippen LogP) is 2.12. The van der Waals surface area contributed by atoms with Gasteiger partial charge in [-0.1, -0.05) is 26.7 Å². The number of carboxylic acids is 1. The fraction of sp³-hybridized carbons (Fsp3) is 0.846. The molecule has 0 aromatic carbocycles. The quantitative estimate of drug-likeness (QED) is 0.674. The summed E-state index contributed by atoms with van der Waals surface area (Å²) in [6.45, 7) is 3.98. The molecule has 1 rings (SSSR count). The van der Waals surface area contributed by atoms with Gasteiger partial charge in [-0.2, -0.15) is 0 Å². The molecule has 0 radical (unpaired) electrons. The Morgan fingerprint density at radius 1 is 1.28 bits per heavy atom. The molecule has 3 N–H and O–H groups in total. The molecular formula is C13H24N2O3. The van der Waals surface area contributed by atoms with Gasteiger partial charge in [0, 0.05) is 6.04 Å². The molecule has 0 bridgehead atoms. The summed E-state index contributed by atoms with van der Waals surface area (Å²) < 4.78 is 0. The van der Waals surface area contributed by atoms with Crippen molar-refractivity contribution in [1.82, 2.24) is 10.6 Å². The molecular weight excluding hydrogens is 232 g/mol. The van der Waals surface area contributed by atoms with Crippen LogP contribution >= 0.6 is 0 Å². The van der Waals surface area contributed by atoms with Gasteiger partial charge in [-0.15, -0.1) is 0 Å². The van der Waals surface area contributed by atoms with E-state index in [-0.39, 0.29) is 12.1 Å². The van der Waals surface area contributed by atoms with Crippen LogP contribution in [-0.4, -0.2) is 29.2 Å². The third kappa shape index (κ3) is 4.94. The van der Waals surface area contributed by atoms with Gasteiger partial charge in [0.25, 0.3) is 0 Å². The van der Waals surface area contributed by atoms with Crippen LogP contribution in [0.3, 0.4) is 0 Å². The summed E-state index contributed by atoms with van der Waals surface area (Å²) in [7, 11) is 0. The Bertz CT molecular complexity index is 294. The first-order valence-electron chi connectivity index (χ1n) is 6.82. The third-order valence-electron chi connectivity index (χ3n) is 3.60. The lowest BCUT2D eigenvalue weighted by Gasteiger charge is -2.19. The lowest BCUT2D eigenvalue weighted by Crippen LogP contribution is -2.48. The maximum atomic E-state index is 11.7. The molecule has 5 nitrogen and oxygen atoms in total. The molecule has 3 atom stereocenters. The Labute approximate surface area is 108 Å². The minimum Gasteiger partial charge on any atom is -0.480 e. The summed E-state index contributed by atoms with van der Waals surface area (Å²) in [5, 5.41) is 14.2. The van der Waals surface area contributed by atoms with Gasteiger partial charge in [0.1, 0.15) is 6.04 Å². The fourth-order valence-electron chi connectivity index (χ4n) is 2.36. The summed E-state index contributed by atoms with van der Waals surface area (Å²) in [5.41, 5.74) is 0. The lowest BCUT2D eigenvalue weighted by molar-refractivity contribution is -0.139. The van der Waals surface area contributed by atoms with Gasteiger partial charge in [0.15, 0.2) is 0 Å². The van der Waals surface area contributed by atoms with Crippen LogP contribution in [0.2, 0.25) is 0 Å². The summed E-state index contributed by atoms with van der Waals surface area (Å²) >= 11 is 0. The van der Waals surface area contributed by atoms with Crippen LogP contribution in [0.15, 0.2) is 0 Å². The first-order chi connectivity index (χ1) is 8.52. The van der Waals surface area contributed by atoms with Gasteiger partial charge < -0.3 is 15.7 Å². The molecule has 0 saturated heterocycles. The van der Waals surface area contributed by atoms with Crippen LogP contribution in [0.4, 0.5) is 4.79 Å². The Balaban J connectivity index is 2.37. The molecule has 1 saturated carbocycles. The second-order valence-corrected chi connectivity index (χ2v) is 5.23. The molecule has 0 aliphatic heterocycles. The van der Waals surface area contributed by atoms with E-state index in [9.17, 15) is 9.59 Å². The Hall–Kier alpha value is -1.26. The first-order valence-corrected chi connectivity index (χ1v) is 6.82. The number of carbonyl (C=O) groups is 2. The monoisotopic (exact) mass is 256 g/mol. The SMILES string of the molecule is CC[C@@H](NC(=O)NC1CCCC(C)CC1)C(=O)O. The van der Waals surface area contributed by atoms with Crippen molar-refractivity contribution in [1.29, 1.82) is 0 Å². The van der Waals surface area contributed by atoms with Gasteiger partial charge in [0.2, 0.25) is 0 Å². The second kappa shape index (κ2) is 7.24. The van der Waals surface area contributed by atoms with E-state index >= 15 is 0 Å². The largest absolute Gasteiger partial charge is 0.480 e. The highest BCUT2D eigenvalue weighted by Gasteiger charge is 2.21. The topological polar surface area (TPSA) is 78.4 Å². The zero-order valence-electron chi connectivity index (χ0n) is 11.2. The van der Waals surface area contributed by atoms with Gasteiger partial charge >= 0.3 is 12.0 Å². The van der Waals surface area contributed by atoms with E-state index in [1.165, 1.54) is 6.42 Å². The molecule has 1 aliphatic rings. The number of aliphatic carboxylic acids is 1. The van der Waals surface area contributed by atoms with Crippen molar-refractivity contribution in [2.75, 3.05) is 0 Å². The van der Waals surface area contributed by atoms with Crippen LogP contribution in [0.5, 0.6) is 0 Å². The van der Waals surface area contributed by atoms with Crippen LogP contribution in [0, 0.1) is 5.92 Å². The van der Waals surface area contributed by atoms with Gasteiger partial charge in [0.05, 0.1) is 0 Å². The minimum atomic E-state index is -0.984. The van der Waals surface area contributed by atoms with Gasteiger partial charge in [-0.3, -0.25) is 0 Å². The summed E-state index contributed by atoms with van der Waals surface area (Å²) in [4.78, 5) is 22.5. The number of hydrogen-bond donors (Lipinski definition) is 3. The highest BCUT2D eigenvalue weighted by molar-refractivity contribution is 5.82. The van der Waals surface area contributed by atoms with E-state index in [2.05, 4.69) is 17.6 Å². The second-order valence-electron chi connectivity index (χ2n) is 5.23. The molecule has 0 aromatic heterocycles. The van der Waals surface area contributed by atoms with Crippen molar-refractivity contribution in [2.24, 2.45) is 5.92 Å². The van der Waals surface area contributed by atoms with Gasteiger partial charge in [-0.05, 0) is 31.6 Å². The molecule has 0 heterocycles. The van der Waals surface area contributed by atoms with E-state index in [0.29, 0.717) is 6.42 Å². The van der Waals surface area contributed by atoms with Gasteiger partial charge in [-0.25, -0.2) is 9.59 Å². The number of nitrogens with one attached hydrogen (secondary N) is 2. The standard InChI is InChI=1S/C13H24N2O3/c1-3-11(12(16)17)15-13(18)14-10-6-4-5-9(2)7-8-10/h9-11H,3-8H2,1-2H3,(H,16,17)(H2,14,15,18)/t9?,10?,11-/m1/s1. The molecule has 104 valence electrons. The minimum absolute atomic E-state index is 0.182. The molecule has 0 spiro atoms. The smallest absolute Gasteiger partial charge is 0.326 e. The highest BCUT2D eigenvalue weighted by Crippen LogP contribution is 2.22. The van der Waals surface area contributed by atoms with Crippen molar-refractivity contribution in [3.63, 3.8) is 0 Å². The van der Waals surface area contributed by atoms with E-state index in [1.807, 2.05) is 0 Å². The zero-order valence-corrected chi connectivity index (χ0v) is 11.2. The maximum absolute atomic E-state index is 11.7. The molecule has 5 heteroatoms. The number of hydrogen-bond acceptors (Lipinski definition) is 2. The summed E-state index contributed by atoms with van der Waals surface area (Å²) in [5.74, 6) is -0.260. The van der Waals surface area contributed by atoms with Crippen LogP contribution in [-0.2, 0) is 4.79 Å². The summed E-state index contributed by atoms with van der Waals surface area (Å²) in [6, 6.07) is -0.972. The van der Waals surface area contributed by atoms with Crippen molar-refractivity contribution >= 4 is 12.0 Å². The van der Waals surface area contributed by atoms with E-state index in [0.717, 1.165) is 31.6 Å². The molecule has 2 amide bonds. The maximum Gasteiger partial charge on any atom is 0.326 e. The molecule has 2 unspecified atom stereocenters. The van der Waals surface area contributed by atoms with E-state index < -0.39 is 12.0 Å². The number of rotatable bonds is 4. The van der Waals surface area contributed by atoms with Crippen molar-refractivity contribution in [3.05, 3.63) is 0 Å². The summed E-state index contributed by atoms with van der Waals surface area (Å²) in [6.07, 6.45) is 5.83. The number of urea groups is 1. The van der Waals surface area contributed by atoms with Crippen molar-refractivity contribution in [3.8, 4) is 0 Å². The fourth-order valence-corrected chi connectivity index (χ4v) is 2.36. The first kappa shape index (κ1) is 14.8. The number of amides is 2. The zero-order chi connectivity index (χ0) is 13.5. The Kier molecular flexibility index (Phi) is 5.95. The van der Waals surface area contributed by atoms with Crippen LogP contribution < -0.4 is 10.6 Å². The average Bonchev–Trinajstić information content (AvgIpc) is 2.51. The van der Waals surface area contributed by atoms with Crippen molar-refractivity contribution in [2.45, 2.75) is 64.5 Å². The number of carboxylic acid groups (broad SMARTS) is 1. The third-order valence-corrected chi connectivity index (χ3v) is 3.60. The van der Waals surface area contributed by atoms with Crippen molar-refractivity contribution < 1.29 is 14.7 Å².